The van der Waals surface area contributed by atoms with Crippen molar-refractivity contribution in [2.45, 2.75) is 45.2 Å². The first-order valence-corrected chi connectivity index (χ1v) is 14.8. The number of benzene rings is 1. The Morgan fingerprint density at radius 3 is 2.33 bits per heavy atom. The van der Waals surface area contributed by atoms with Crippen LogP contribution in [-0.2, 0) is 0 Å². The van der Waals surface area contributed by atoms with Crippen molar-refractivity contribution in [1.29, 1.82) is 0 Å². The first kappa shape index (κ1) is 29.8. The second-order valence-corrected chi connectivity index (χ2v) is 11.5. The van der Waals surface area contributed by atoms with Crippen LogP contribution in [0.2, 0.25) is 10.2 Å². The van der Waals surface area contributed by atoms with Gasteiger partial charge in [0.15, 0.2) is 22.5 Å². The molecule has 2 aliphatic heterocycles. The lowest BCUT2D eigenvalue weighted by atomic mass is 9.97. The molecule has 0 bridgehead atoms. The SMILES string of the molecule is CCC1CN(c2nc(N)c(C(=O)Nc3ccc(Cl)cc3)nc2Cl)CCN1C1CCN(C(=O)c2ccc(C)nc2N)CC1. The van der Waals surface area contributed by atoms with Gasteiger partial charge in [0.2, 0.25) is 0 Å². The minimum atomic E-state index is -0.502. The van der Waals surface area contributed by atoms with Gasteiger partial charge in [0, 0.05) is 61.2 Å². The van der Waals surface area contributed by atoms with Crippen LogP contribution in [0.4, 0.5) is 23.1 Å². The molecule has 2 aromatic heterocycles. The Balaban J connectivity index is 1.21. The van der Waals surface area contributed by atoms with E-state index >= 15 is 0 Å². The predicted molar refractivity (Wildman–Crippen MR) is 166 cm³/mol. The molecule has 4 heterocycles. The van der Waals surface area contributed by atoms with Crippen LogP contribution >= 0.6 is 23.2 Å². The van der Waals surface area contributed by atoms with Crippen molar-refractivity contribution in [1.82, 2.24) is 24.8 Å². The van der Waals surface area contributed by atoms with E-state index in [-0.39, 0.29) is 34.4 Å². The number of hydrogen-bond acceptors (Lipinski definition) is 9. The topological polar surface area (TPSA) is 147 Å². The number of aryl methyl sites for hydroxylation is 1. The van der Waals surface area contributed by atoms with Gasteiger partial charge in [-0.25, -0.2) is 15.0 Å². The molecule has 1 atom stereocenters. The zero-order chi connectivity index (χ0) is 30.0. The number of carbonyl (C=O) groups is 2. The number of carbonyl (C=O) groups excluding carboxylic acids is 2. The molecule has 0 radical (unpaired) electrons. The fourth-order valence-corrected chi connectivity index (χ4v) is 6.12. The summed E-state index contributed by atoms with van der Waals surface area (Å²) >= 11 is 12.5. The van der Waals surface area contributed by atoms with E-state index in [9.17, 15) is 9.59 Å². The number of piperidine rings is 1. The third-order valence-electron chi connectivity index (χ3n) is 7.99. The van der Waals surface area contributed by atoms with E-state index in [1.165, 1.54) is 0 Å². The molecule has 13 heteroatoms. The smallest absolute Gasteiger partial charge is 0.278 e. The normalized spacial score (nSPS) is 18.2. The molecule has 1 unspecified atom stereocenters. The van der Waals surface area contributed by atoms with E-state index in [0.29, 0.717) is 54.3 Å². The summed E-state index contributed by atoms with van der Waals surface area (Å²) < 4.78 is 0. The van der Waals surface area contributed by atoms with E-state index in [4.69, 9.17) is 34.7 Å². The van der Waals surface area contributed by atoms with Crippen LogP contribution < -0.4 is 21.7 Å². The number of nitrogens with two attached hydrogens (primary N) is 2. The molecule has 5 N–H and O–H groups in total. The first-order valence-electron chi connectivity index (χ1n) is 14.1. The first-order chi connectivity index (χ1) is 20.1. The number of amides is 2. The molecule has 222 valence electrons. The number of nitrogens with zero attached hydrogens (tertiary/aromatic N) is 6. The summed E-state index contributed by atoms with van der Waals surface area (Å²) in [4.78, 5) is 45.5. The number of aromatic nitrogens is 3. The number of nitrogens with one attached hydrogen (secondary N) is 1. The molecule has 0 saturated carbocycles. The molecule has 0 aliphatic carbocycles. The third-order valence-corrected chi connectivity index (χ3v) is 8.50. The molecule has 2 saturated heterocycles. The Labute approximate surface area is 255 Å². The number of piperazine rings is 1. The molecule has 2 fully saturated rings. The second kappa shape index (κ2) is 12.7. The molecule has 11 nitrogen and oxygen atoms in total. The minimum absolute atomic E-state index is 0.0118. The van der Waals surface area contributed by atoms with Crippen molar-refractivity contribution in [2.75, 3.05) is 54.4 Å². The van der Waals surface area contributed by atoms with Crippen molar-refractivity contribution >= 4 is 58.2 Å². The predicted octanol–water partition coefficient (Wildman–Crippen LogP) is 4.11. The standard InChI is InChI=1S/C29H35Cl2N9O2/c1-3-20-16-39(27-24(31)36-23(26(33)37-27)28(41)35-19-7-5-18(30)6-8-19)14-15-40(20)21-10-12-38(13-11-21)29(42)22-9-4-17(2)34-25(22)32/h4-9,20-21H,3,10-16H2,1-2H3,(H2,32,34)(H2,33,37)(H,35,41). The Morgan fingerprint density at radius 2 is 1.67 bits per heavy atom. The van der Waals surface area contributed by atoms with E-state index in [2.05, 4.69) is 37.0 Å². The summed E-state index contributed by atoms with van der Waals surface area (Å²) in [5, 5.41) is 3.43. The number of halogens is 2. The molecule has 42 heavy (non-hydrogen) atoms. The van der Waals surface area contributed by atoms with Gasteiger partial charge in [0.25, 0.3) is 11.8 Å². The molecule has 5 rings (SSSR count). The van der Waals surface area contributed by atoms with Gasteiger partial charge in [-0.3, -0.25) is 14.5 Å². The van der Waals surface area contributed by atoms with Crippen molar-refractivity contribution in [3.63, 3.8) is 0 Å². The van der Waals surface area contributed by atoms with Crippen LogP contribution in [0, 0.1) is 6.92 Å². The summed E-state index contributed by atoms with van der Waals surface area (Å²) in [5.74, 6) is 0.198. The van der Waals surface area contributed by atoms with Crippen molar-refractivity contribution in [3.05, 3.63) is 63.5 Å². The summed E-state index contributed by atoms with van der Waals surface area (Å²) in [6.07, 6.45) is 2.70. The largest absolute Gasteiger partial charge is 0.383 e. The fourth-order valence-electron chi connectivity index (χ4n) is 5.74. The van der Waals surface area contributed by atoms with Gasteiger partial charge in [-0.1, -0.05) is 30.1 Å². The summed E-state index contributed by atoms with van der Waals surface area (Å²) in [7, 11) is 0. The molecular weight excluding hydrogens is 577 g/mol. The van der Waals surface area contributed by atoms with E-state index in [1.807, 2.05) is 17.9 Å². The number of hydrogen-bond donors (Lipinski definition) is 3. The lowest BCUT2D eigenvalue weighted by molar-refractivity contribution is 0.0491. The van der Waals surface area contributed by atoms with Crippen LogP contribution in [-0.4, -0.2) is 81.4 Å². The minimum Gasteiger partial charge on any atom is -0.383 e. The highest BCUT2D eigenvalue weighted by Crippen LogP contribution is 2.30. The second-order valence-electron chi connectivity index (χ2n) is 10.7. The van der Waals surface area contributed by atoms with E-state index in [1.54, 1.807) is 30.3 Å². The van der Waals surface area contributed by atoms with Crippen molar-refractivity contribution in [3.8, 4) is 0 Å². The highest BCUT2D eigenvalue weighted by molar-refractivity contribution is 6.32. The molecular formula is C29H35Cl2N9O2. The summed E-state index contributed by atoms with van der Waals surface area (Å²) in [6, 6.07) is 10.9. The third kappa shape index (κ3) is 6.38. The number of rotatable bonds is 6. The van der Waals surface area contributed by atoms with Gasteiger partial charge in [-0.05, 0) is 62.6 Å². The molecule has 1 aromatic carbocycles. The average molecular weight is 613 g/mol. The van der Waals surface area contributed by atoms with Crippen LogP contribution in [0.3, 0.4) is 0 Å². The maximum Gasteiger partial charge on any atom is 0.278 e. The summed E-state index contributed by atoms with van der Waals surface area (Å²) in [6.45, 7) is 7.55. The molecule has 2 amide bonds. The quantitative estimate of drug-likeness (QED) is 0.374. The van der Waals surface area contributed by atoms with Gasteiger partial charge in [0.1, 0.15) is 5.82 Å². The lowest BCUT2D eigenvalue weighted by Gasteiger charge is -2.47. The zero-order valence-electron chi connectivity index (χ0n) is 23.7. The zero-order valence-corrected chi connectivity index (χ0v) is 25.2. The van der Waals surface area contributed by atoms with Crippen LogP contribution in [0.1, 0.15) is 52.7 Å². The Bertz CT molecular complexity index is 1460. The fraction of sp³-hybridized carbons (Fsp3) is 0.414. The van der Waals surface area contributed by atoms with Crippen molar-refractivity contribution in [2.24, 2.45) is 0 Å². The van der Waals surface area contributed by atoms with Gasteiger partial charge in [-0.2, -0.15) is 0 Å². The van der Waals surface area contributed by atoms with Crippen molar-refractivity contribution < 1.29 is 9.59 Å². The Kier molecular flexibility index (Phi) is 9.00. The number of anilines is 4. The monoisotopic (exact) mass is 611 g/mol. The Hall–Kier alpha value is -3.67. The maximum atomic E-state index is 13.1. The number of pyridine rings is 1. The van der Waals surface area contributed by atoms with Gasteiger partial charge < -0.3 is 26.6 Å². The maximum absolute atomic E-state index is 13.1. The van der Waals surface area contributed by atoms with Crippen LogP contribution in [0.5, 0.6) is 0 Å². The van der Waals surface area contributed by atoms with Crippen LogP contribution in [0.25, 0.3) is 0 Å². The average Bonchev–Trinajstić information content (AvgIpc) is 2.98. The highest BCUT2D eigenvalue weighted by Gasteiger charge is 2.35. The molecule has 2 aliphatic rings. The van der Waals surface area contributed by atoms with Gasteiger partial charge >= 0.3 is 0 Å². The number of likely N-dealkylation sites (tertiary alicyclic amines) is 1. The molecule has 3 aromatic rings. The van der Waals surface area contributed by atoms with E-state index < -0.39 is 5.91 Å². The highest BCUT2D eigenvalue weighted by atomic mass is 35.5. The lowest BCUT2D eigenvalue weighted by Crippen LogP contribution is -2.58. The summed E-state index contributed by atoms with van der Waals surface area (Å²) in [5.41, 5.74) is 14.0. The van der Waals surface area contributed by atoms with Gasteiger partial charge in [-0.15, -0.1) is 0 Å². The number of nitrogen functional groups attached to an aromatic ring is 2. The van der Waals surface area contributed by atoms with Crippen LogP contribution in [0.15, 0.2) is 36.4 Å². The van der Waals surface area contributed by atoms with Gasteiger partial charge in [0.05, 0.1) is 5.56 Å². The Morgan fingerprint density at radius 1 is 0.952 bits per heavy atom. The molecule has 0 spiro atoms. The van der Waals surface area contributed by atoms with E-state index in [0.717, 1.165) is 31.5 Å².